The second-order valence-electron chi connectivity index (χ2n) is 7.27. The molecule has 0 aromatic carbocycles. The van der Waals surface area contributed by atoms with Crippen LogP contribution in [0.2, 0.25) is 0 Å². The van der Waals surface area contributed by atoms with Crippen molar-refractivity contribution in [2.24, 2.45) is 11.8 Å². The molecule has 0 radical (unpaired) electrons. The number of fused-ring (bicyclic) bond motifs is 2. The summed E-state index contributed by atoms with van der Waals surface area (Å²) in [5, 5.41) is 3.67. The Morgan fingerprint density at radius 2 is 1.80 bits per heavy atom. The van der Waals surface area contributed by atoms with E-state index in [1.165, 1.54) is 51.4 Å². The van der Waals surface area contributed by atoms with Gasteiger partial charge >= 0.3 is 0 Å². The van der Waals surface area contributed by atoms with Gasteiger partial charge in [0, 0.05) is 31.6 Å². The van der Waals surface area contributed by atoms with Crippen LogP contribution >= 0.6 is 0 Å². The molecule has 0 aliphatic carbocycles. The molecule has 20 heavy (non-hydrogen) atoms. The molecular formula is C17H30N2O. The fourth-order valence-electron chi connectivity index (χ4n) is 4.54. The average Bonchev–Trinajstić information content (AvgIpc) is 2.67. The van der Waals surface area contributed by atoms with E-state index < -0.39 is 0 Å². The minimum absolute atomic E-state index is 0.438. The molecule has 0 saturated carbocycles. The highest BCUT2D eigenvalue weighted by Gasteiger charge is 2.34. The lowest BCUT2D eigenvalue weighted by atomic mass is 9.89. The van der Waals surface area contributed by atoms with Crippen LogP contribution in [0.1, 0.15) is 64.7 Å². The number of rotatable bonds is 3. The lowest BCUT2D eigenvalue weighted by Gasteiger charge is -2.30. The first-order chi connectivity index (χ1) is 9.74. The van der Waals surface area contributed by atoms with Gasteiger partial charge in [0.05, 0.1) is 0 Å². The van der Waals surface area contributed by atoms with Gasteiger partial charge < -0.3 is 10.2 Å². The smallest absolute Gasteiger partial charge is 0.222 e. The predicted molar refractivity (Wildman–Crippen MR) is 81.5 cm³/mol. The molecule has 3 rings (SSSR count). The van der Waals surface area contributed by atoms with Gasteiger partial charge in [0.2, 0.25) is 5.91 Å². The molecule has 3 fully saturated rings. The third-order valence-electron chi connectivity index (χ3n) is 5.81. The van der Waals surface area contributed by atoms with E-state index in [0.29, 0.717) is 23.9 Å². The molecule has 3 aliphatic heterocycles. The quantitative estimate of drug-likeness (QED) is 0.861. The maximum atomic E-state index is 12.6. The van der Waals surface area contributed by atoms with Crippen LogP contribution in [0.15, 0.2) is 0 Å². The van der Waals surface area contributed by atoms with E-state index in [-0.39, 0.29) is 0 Å². The first-order valence-electron chi connectivity index (χ1n) is 8.78. The van der Waals surface area contributed by atoms with Gasteiger partial charge in [-0.3, -0.25) is 4.79 Å². The fraction of sp³-hybridized carbons (Fsp3) is 0.941. The van der Waals surface area contributed by atoms with E-state index in [4.69, 9.17) is 0 Å². The van der Waals surface area contributed by atoms with E-state index in [2.05, 4.69) is 17.1 Å². The van der Waals surface area contributed by atoms with Crippen molar-refractivity contribution in [3.05, 3.63) is 0 Å². The van der Waals surface area contributed by atoms with Crippen molar-refractivity contribution in [3.63, 3.8) is 0 Å². The number of likely N-dealkylation sites (tertiary alicyclic amines) is 1. The SMILES string of the molecule is CCC1CCCN(C(=O)CC2CC3CCC(C2)N3)CC1. The fourth-order valence-corrected chi connectivity index (χ4v) is 4.54. The summed E-state index contributed by atoms with van der Waals surface area (Å²) in [6.07, 6.45) is 11.0. The summed E-state index contributed by atoms with van der Waals surface area (Å²) in [6, 6.07) is 1.42. The van der Waals surface area contributed by atoms with Crippen molar-refractivity contribution in [2.45, 2.75) is 76.8 Å². The zero-order chi connectivity index (χ0) is 13.9. The third kappa shape index (κ3) is 3.36. The van der Waals surface area contributed by atoms with Crippen molar-refractivity contribution < 1.29 is 4.79 Å². The molecule has 0 aromatic rings. The highest BCUT2D eigenvalue weighted by molar-refractivity contribution is 5.76. The highest BCUT2D eigenvalue weighted by atomic mass is 16.2. The maximum Gasteiger partial charge on any atom is 0.222 e. The summed E-state index contributed by atoms with van der Waals surface area (Å²) in [5.41, 5.74) is 0. The molecule has 3 unspecified atom stereocenters. The van der Waals surface area contributed by atoms with Crippen LogP contribution in [0.25, 0.3) is 0 Å². The normalized spacial score (nSPS) is 37.8. The van der Waals surface area contributed by atoms with Gasteiger partial charge in [-0.15, -0.1) is 0 Å². The van der Waals surface area contributed by atoms with Crippen molar-refractivity contribution in [1.29, 1.82) is 0 Å². The molecule has 1 N–H and O–H groups in total. The molecule has 2 bridgehead atoms. The number of piperidine rings is 1. The number of nitrogens with one attached hydrogen (secondary N) is 1. The van der Waals surface area contributed by atoms with Gasteiger partial charge in [-0.2, -0.15) is 0 Å². The van der Waals surface area contributed by atoms with Crippen LogP contribution in [-0.4, -0.2) is 36.0 Å². The van der Waals surface area contributed by atoms with E-state index in [9.17, 15) is 4.79 Å². The van der Waals surface area contributed by atoms with Gasteiger partial charge in [-0.25, -0.2) is 0 Å². The van der Waals surface area contributed by atoms with E-state index >= 15 is 0 Å². The van der Waals surface area contributed by atoms with Crippen molar-refractivity contribution in [3.8, 4) is 0 Å². The van der Waals surface area contributed by atoms with Crippen molar-refractivity contribution in [2.75, 3.05) is 13.1 Å². The largest absolute Gasteiger partial charge is 0.343 e. The van der Waals surface area contributed by atoms with Gasteiger partial charge in [-0.1, -0.05) is 13.3 Å². The first-order valence-corrected chi connectivity index (χ1v) is 8.78. The van der Waals surface area contributed by atoms with Gasteiger partial charge in [0.1, 0.15) is 0 Å². The summed E-state index contributed by atoms with van der Waals surface area (Å²) in [6.45, 7) is 4.30. The Labute approximate surface area is 123 Å². The zero-order valence-electron chi connectivity index (χ0n) is 12.9. The Hall–Kier alpha value is -0.570. The molecule has 3 nitrogen and oxygen atoms in total. The van der Waals surface area contributed by atoms with Crippen LogP contribution in [0, 0.1) is 11.8 Å². The minimum Gasteiger partial charge on any atom is -0.343 e. The molecule has 3 aliphatic rings. The minimum atomic E-state index is 0.438. The summed E-state index contributed by atoms with van der Waals surface area (Å²) in [5.74, 6) is 1.93. The van der Waals surface area contributed by atoms with Gasteiger partial charge in [0.25, 0.3) is 0 Å². The molecule has 3 saturated heterocycles. The topological polar surface area (TPSA) is 32.3 Å². The predicted octanol–water partition coefficient (Wildman–Crippen LogP) is 2.95. The molecule has 3 heterocycles. The second kappa shape index (κ2) is 6.46. The van der Waals surface area contributed by atoms with Crippen LogP contribution in [-0.2, 0) is 4.79 Å². The van der Waals surface area contributed by atoms with Crippen LogP contribution in [0.5, 0.6) is 0 Å². The molecule has 3 heteroatoms. The number of carbonyl (C=O) groups is 1. The molecule has 0 spiro atoms. The zero-order valence-corrected chi connectivity index (χ0v) is 12.9. The first kappa shape index (κ1) is 14.4. The summed E-state index contributed by atoms with van der Waals surface area (Å²) >= 11 is 0. The van der Waals surface area contributed by atoms with Crippen LogP contribution in [0.3, 0.4) is 0 Å². The molecule has 114 valence electrons. The molecular weight excluding hydrogens is 248 g/mol. The Bertz CT molecular complexity index is 332. The number of carbonyl (C=O) groups excluding carboxylic acids is 1. The maximum absolute atomic E-state index is 12.6. The summed E-state index contributed by atoms with van der Waals surface area (Å²) in [7, 11) is 0. The number of amides is 1. The lowest BCUT2D eigenvalue weighted by Crippen LogP contribution is -2.40. The van der Waals surface area contributed by atoms with Crippen molar-refractivity contribution >= 4 is 5.91 Å². The monoisotopic (exact) mass is 278 g/mol. The van der Waals surface area contributed by atoms with Gasteiger partial charge in [-0.05, 0) is 56.8 Å². The Morgan fingerprint density at radius 3 is 2.50 bits per heavy atom. The van der Waals surface area contributed by atoms with E-state index in [1.54, 1.807) is 0 Å². The molecule has 3 atom stereocenters. The number of hydrogen-bond acceptors (Lipinski definition) is 2. The average molecular weight is 278 g/mol. The van der Waals surface area contributed by atoms with Gasteiger partial charge in [0.15, 0.2) is 0 Å². The van der Waals surface area contributed by atoms with Crippen LogP contribution < -0.4 is 5.32 Å². The lowest BCUT2D eigenvalue weighted by molar-refractivity contribution is -0.132. The molecule has 0 aromatic heterocycles. The summed E-state index contributed by atoms with van der Waals surface area (Å²) < 4.78 is 0. The Balaban J connectivity index is 1.49. The molecule has 1 amide bonds. The Morgan fingerprint density at radius 1 is 1.05 bits per heavy atom. The number of nitrogens with zero attached hydrogens (tertiary/aromatic N) is 1. The number of hydrogen-bond donors (Lipinski definition) is 1. The summed E-state index contributed by atoms with van der Waals surface area (Å²) in [4.78, 5) is 14.7. The third-order valence-corrected chi connectivity index (χ3v) is 5.81. The second-order valence-corrected chi connectivity index (χ2v) is 7.27. The standard InChI is InChI=1S/C17H30N2O/c1-2-13-4-3-8-19(9-7-13)17(20)12-14-10-15-5-6-16(11-14)18-15/h13-16,18H,2-12H2,1H3. The Kier molecular flexibility index (Phi) is 4.65. The van der Waals surface area contributed by atoms with E-state index in [0.717, 1.165) is 25.4 Å². The van der Waals surface area contributed by atoms with Crippen molar-refractivity contribution in [1.82, 2.24) is 10.2 Å². The highest BCUT2D eigenvalue weighted by Crippen LogP contribution is 2.33. The van der Waals surface area contributed by atoms with E-state index in [1.807, 2.05) is 0 Å². The van der Waals surface area contributed by atoms with Crippen LogP contribution in [0.4, 0.5) is 0 Å².